The van der Waals surface area contributed by atoms with E-state index in [2.05, 4.69) is 11.3 Å². The Morgan fingerprint density at radius 1 is 1.07 bits per heavy atom. The first-order valence-electron chi connectivity index (χ1n) is 12.3. The van der Waals surface area contributed by atoms with Crippen LogP contribution in [0.1, 0.15) is 31.9 Å². The van der Waals surface area contributed by atoms with Crippen LogP contribution < -0.4 is 15.0 Å². The zero-order valence-corrected chi connectivity index (χ0v) is 23.3. The van der Waals surface area contributed by atoms with Crippen molar-refractivity contribution in [1.82, 2.24) is 9.47 Å². The average molecular weight is 574 g/mol. The van der Waals surface area contributed by atoms with Gasteiger partial charge in [0.05, 0.1) is 6.54 Å². The van der Waals surface area contributed by atoms with E-state index in [-0.39, 0.29) is 42.3 Å². The largest absolute Gasteiger partial charge is 0.454 e. The number of anilines is 1. The molecule has 0 bridgehead atoms. The molecule has 2 aromatic carbocycles. The lowest BCUT2D eigenvalue weighted by molar-refractivity contribution is 0.0223. The molecule has 9 nitrogen and oxygen atoms in total. The molecule has 0 saturated carbocycles. The van der Waals surface area contributed by atoms with Gasteiger partial charge in [-0.15, -0.1) is 0 Å². The molecule has 0 aliphatic carbocycles. The number of hydrogen-bond donors (Lipinski definition) is 1. The Morgan fingerprint density at radius 3 is 2.42 bits per heavy atom. The van der Waals surface area contributed by atoms with Crippen molar-refractivity contribution in [1.29, 1.82) is 0 Å². The van der Waals surface area contributed by atoms with Crippen LogP contribution in [-0.2, 0) is 34.8 Å². The lowest BCUT2D eigenvalue weighted by Gasteiger charge is -2.32. The first-order valence-corrected chi connectivity index (χ1v) is 13.8. The number of benzene rings is 2. The van der Waals surface area contributed by atoms with Gasteiger partial charge in [-0.25, -0.2) is 22.0 Å². The number of nitrogens with one attached hydrogen (secondary N) is 1. The molecule has 4 rings (SSSR count). The first kappa shape index (κ1) is 28.8. The van der Waals surface area contributed by atoms with Crippen molar-refractivity contribution in [3.8, 4) is 22.6 Å². The number of carbonyl (C=O) groups excluding carboxylic acids is 1. The van der Waals surface area contributed by atoms with Gasteiger partial charge in [0.15, 0.2) is 11.6 Å². The van der Waals surface area contributed by atoms with Crippen LogP contribution >= 0.6 is 0 Å². The highest BCUT2D eigenvalue weighted by atomic mass is 32.2. The fourth-order valence-corrected chi connectivity index (χ4v) is 4.83. The van der Waals surface area contributed by atoms with Crippen LogP contribution in [0, 0.1) is 11.6 Å². The van der Waals surface area contributed by atoms with Gasteiger partial charge in [-0.2, -0.15) is 0 Å². The molecule has 0 atom stereocenters. The van der Waals surface area contributed by atoms with Gasteiger partial charge < -0.3 is 18.9 Å². The van der Waals surface area contributed by atoms with Crippen LogP contribution in [0.5, 0.6) is 11.5 Å². The Bertz CT molecular complexity index is 1660. The van der Waals surface area contributed by atoms with Gasteiger partial charge in [0.1, 0.15) is 17.2 Å². The number of hydrogen-bond acceptors (Lipinski definition) is 6. The lowest BCUT2D eigenvalue weighted by Crippen LogP contribution is -2.42. The van der Waals surface area contributed by atoms with E-state index in [0.717, 1.165) is 17.5 Å². The molecular formula is C28H29F2N3O6S. The molecule has 12 heteroatoms. The van der Waals surface area contributed by atoms with E-state index in [0.29, 0.717) is 28.3 Å². The summed E-state index contributed by atoms with van der Waals surface area (Å²) < 4.78 is 67.3. The van der Waals surface area contributed by atoms with E-state index in [9.17, 15) is 26.8 Å². The van der Waals surface area contributed by atoms with Crippen molar-refractivity contribution >= 4 is 21.8 Å². The Kier molecular flexibility index (Phi) is 7.75. The topological polar surface area (TPSA) is 107 Å². The zero-order valence-electron chi connectivity index (χ0n) is 22.5. The maximum absolute atomic E-state index is 14.5. The summed E-state index contributed by atoms with van der Waals surface area (Å²) >= 11 is 0. The Labute approximate surface area is 230 Å². The third-order valence-electron chi connectivity index (χ3n) is 6.09. The number of ether oxygens (including phenoxy) is 2. The average Bonchev–Trinajstić information content (AvgIpc) is 2.87. The van der Waals surface area contributed by atoms with Gasteiger partial charge in [0.2, 0.25) is 0 Å². The summed E-state index contributed by atoms with van der Waals surface area (Å²) in [5, 5.41) is 0.754. The second-order valence-corrected chi connectivity index (χ2v) is 11.9. The van der Waals surface area contributed by atoms with E-state index in [1.165, 1.54) is 27.7 Å². The zero-order chi connectivity index (χ0) is 29.4. The molecule has 0 unspecified atom stereocenters. The molecule has 0 spiro atoms. The molecule has 1 N–H and O–H groups in total. The van der Waals surface area contributed by atoms with Gasteiger partial charge in [0.25, 0.3) is 15.6 Å². The quantitative estimate of drug-likeness (QED) is 0.429. The Morgan fingerprint density at radius 2 is 1.77 bits per heavy atom. The maximum atomic E-state index is 14.5. The summed E-state index contributed by atoms with van der Waals surface area (Å²) in [6, 6.07) is 7.20. The SMILES string of the molecule is C=CS(=O)(=O)Nc1ccc(Oc2ccc(F)cc2F)c(-c2cn(C)c(=O)c3c2CCN(C(=O)OC(C)(C)C)C3)c1. The number of rotatable bonds is 6. The van der Waals surface area contributed by atoms with Crippen LogP contribution in [0.2, 0.25) is 0 Å². The minimum Gasteiger partial charge on any atom is -0.454 e. The second-order valence-electron chi connectivity index (χ2n) is 10.3. The number of nitrogens with zero attached hydrogens (tertiary/aromatic N) is 2. The number of amides is 1. The van der Waals surface area contributed by atoms with E-state index in [1.54, 1.807) is 34.0 Å². The summed E-state index contributed by atoms with van der Waals surface area (Å²) in [5.41, 5.74) is 0.955. The molecule has 2 heterocycles. The third-order valence-corrected chi connectivity index (χ3v) is 7.05. The number of aryl methyl sites for hydroxylation is 1. The second kappa shape index (κ2) is 10.8. The molecule has 1 amide bonds. The summed E-state index contributed by atoms with van der Waals surface area (Å²) in [6.45, 7) is 8.79. The van der Waals surface area contributed by atoms with E-state index >= 15 is 0 Å². The molecule has 0 saturated heterocycles. The highest BCUT2D eigenvalue weighted by Gasteiger charge is 2.30. The van der Waals surface area contributed by atoms with Gasteiger partial charge in [-0.3, -0.25) is 9.52 Å². The number of halogens is 2. The van der Waals surface area contributed by atoms with Crippen LogP contribution in [0.25, 0.3) is 11.1 Å². The minimum absolute atomic E-state index is 0.00365. The van der Waals surface area contributed by atoms with Crippen LogP contribution in [0.15, 0.2) is 59.4 Å². The Balaban J connectivity index is 1.85. The summed E-state index contributed by atoms with van der Waals surface area (Å²) in [4.78, 5) is 27.3. The smallest absolute Gasteiger partial charge is 0.410 e. The van der Waals surface area contributed by atoms with Crippen molar-refractivity contribution in [3.05, 3.63) is 87.7 Å². The maximum Gasteiger partial charge on any atom is 0.410 e. The molecule has 0 fully saturated rings. The van der Waals surface area contributed by atoms with Gasteiger partial charge >= 0.3 is 6.09 Å². The van der Waals surface area contributed by atoms with Crippen LogP contribution in [-0.4, -0.2) is 36.1 Å². The van der Waals surface area contributed by atoms with Crippen molar-refractivity contribution in [2.75, 3.05) is 11.3 Å². The van der Waals surface area contributed by atoms with E-state index < -0.39 is 33.4 Å². The molecule has 1 aliphatic rings. The van der Waals surface area contributed by atoms with Crippen molar-refractivity contribution in [2.24, 2.45) is 7.05 Å². The van der Waals surface area contributed by atoms with E-state index in [4.69, 9.17) is 9.47 Å². The number of pyridine rings is 1. The van der Waals surface area contributed by atoms with Gasteiger partial charge in [-0.05, 0) is 63.1 Å². The van der Waals surface area contributed by atoms with Gasteiger partial charge in [-0.1, -0.05) is 6.58 Å². The number of carbonyl (C=O) groups is 1. The summed E-state index contributed by atoms with van der Waals surface area (Å²) in [7, 11) is -2.32. The van der Waals surface area contributed by atoms with Crippen LogP contribution in [0.4, 0.5) is 19.3 Å². The first-order chi connectivity index (χ1) is 18.7. The van der Waals surface area contributed by atoms with Crippen molar-refractivity contribution in [3.63, 3.8) is 0 Å². The fraction of sp³-hybridized carbons (Fsp3) is 0.286. The molecule has 1 aliphatic heterocycles. The predicted molar refractivity (Wildman–Crippen MR) is 147 cm³/mol. The minimum atomic E-state index is -3.86. The van der Waals surface area contributed by atoms with Crippen LogP contribution in [0.3, 0.4) is 0 Å². The Hall–Kier alpha value is -4.19. The predicted octanol–water partition coefficient (Wildman–Crippen LogP) is 5.30. The number of fused-ring (bicyclic) bond motifs is 1. The van der Waals surface area contributed by atoms with E-state index in [1.807, 2.05) is 0 Å². The van der Waals surface area contributed by atoms with Gasteiger partial charge in [0, 0.05) is 53.6 Å². The fourth-order valence-electron chi connectivity index (χ4n) is 4.29. The highest BCUT2D eigenvalue weighted by molar-refractivity contribution is 7.95. The van der Waals surface area contributed by atoms with Crippen molar-refractivity contribution in [2.45, 2.75) is 39.3 Å². The molecule has 40 heavy (non-hydrogen) atoms. The molecular weight excluding hydrogens is 544 g/mol. The van der Waals surface area contributed by atoms with Crippen molar-refractivity contribution < 1.29 is 31.5 Å². The third kappa shape index (κ3) is 6.33. The normalized spacial score (nSPS) is 13.4. The molecule has 0 radical (unpaired) electrons. The monoisotopic (exact) mass is 573 g/mol. The number of sulfonamides is 1. The molecule has 3 aromatic rings. The summed E-state index contributed by atoms with van der Waals surface area (Å²) in [5.74, 6) is -1.84. The lowest BCUT2D eigenvalue weighted by atomic mass is 9.92. The highest BCUT2D eigenvalue weighted by Crippen LogP contribution is 2.39. The standard InChI is InChI=1S/C28H29F2N3O6S/c1-6-40(36,37)31-18-8-10-24(38-25-9-7-17(29)13-23(25)30)20(14-18)21-15-32(5)26(34)22-16-33(12-11-19(21)22)27(35)39-28(2,3)4/h6-10,13-15,31H,1,11-12,16H2,2-5H3. The number of aromatic nitrogens is 1. The molecule has 212 valence electrons. The molecule has 1 aromatic heterocycles. The summed E-state index contributed by atoms with van der Waals surface area (Å²) in [6.07, 6.45) is 1.30.